The Labute approximate surface area is 146 Å². The minimum Gasteiger partial charge on any atom is -0.335 e. The van der Waals surface area contributed by atoms with E-state index in [0.29, 0.717) is 32.5 Å². The van der Waals surface area contributed by atoms with E-state index in [0.717, 1.165) is 12.8 Å². The molecule has 1 aliphatic heterocycles. The molecule has 0 aromatic heterocycles. The van der Waals surface area contributed by atoms with Crippen LogP contribution in [0.1, 0.15) is 59.3 Å². The Morgan fingerprint density at radius 1 is 1.25 bits per heavy atom. The van der Waals surface area contributed by atoms with Crippen LogP contribution in [-0.2, 0) is 10.0 Å². The second-order valence-corrected chi connectivity index (χ2v) is 10.4. The third kappa shape index (κ3) is 4.96. The fourth-order valence-corrected chi connectivity index (χ4v) is 4.59. The van der Waals surface area contributed by atoms with Crippen LogP contribution in [-0.4, -0.2) is 49.2 Å². The second kappa shape index (κ2) is 7.87. The van der Waals surface area contributed by atoms with Gasteiger partial charge in [-0.2, -0.15) is 0 Å². The summed E-state index contributed by atoms with van der Waals surface area (Å²) in [4.78, 5) is 12.0. The SMILES string of the molecule is CC(C)(C)S(=O)(=O)N1CCC(NC(=O)NCC2=CCCCC2)CC1. The van der Waals surface area contributed by atoms with E-state index in [4.69, 9.17) is 0 Å². The summed E-state index contributed by atoms with van der Waals surface area (Å²) >= 11 is 0. The molecule has 1 aliphatic carbocycles. The van der Waals surface area contributed by atoms with Crippen LogP contribution in [0.4, 0.5) is 4.79 Å². The quantitative estimate of drug-likeness (QED) is 0.758. The number of urea groups is 1. The second-order valence-electron chi connectivity index (χ2n) is 7.73. The van der Waals surface area contributed by atoms with Crippen LogP contribution in [0.3, 0.4) is 0 Å². The van der Waals surface area contributed by atoms with Gasteiger partial charge in [-0.05, 0) is 59.3 Å². The minimum atomic E-state index is -3.28. The van der Waals surface area contributed by atoms with Crippen LogP contribution in [0.2, 0.25) is 0 Å². The van der Waals surface area contributed by atoms with Crippen LogP contribution in [0.15, 0.2) is 11.6 Å². The summed E-state index contributed by atoms with van der Waals surface area (Å²) in [5, 5.41) is 5.89. The molecule has 0 aromatic rings. The van der Waals surface area contributed by atoms with E-state index in [-0.39, 0.29) is 12.1 Å². The number of amides is 2. The fourth-order valence-electron chi connectivity index (χ4n) is 3.12. The highest BCUT2D eigenvalue weighted by atomic mass is 32.2. The smallest absolute Gasteiger partial charge is 0.315 e. The van der Waals surface area contributed by atoms with Gasteiger partial charge in [0.15, 0.2) is 0 Å². The van der Waals surface area contributed by atoms with E-state index in [1.54, 1.807) is 25.1 Å². The van der Waals surface area contributed by atoms with Crippen LogP contribution in [0.5, 0.6) is 0 Å². The normalized spacial score (nSPS) is 21.2. The molecule has 0 atom stereocenters. The van der Waals surface area contributed by atoms with Crippen molar-refractivity contribution >= 4 is 16.1 Å². The lowest BCUT2D eigenvalue weighted by Gasteiger charge is -2.35. The Hall–Kier alpha value is -1.08. The third-order valence-electron chi connectivity index (χ3n) is 4.76. The Kier molecular flexibility index (Phi) is 6.31. The average Bonchev–Trinajstić information content (AvgIpc) is 2.53. The molecular weight excluding hydrogens is 326 g/mol. The summed E-state index contributed by atoms with van der Waals surface area (Å²) in [5.74, 6) is 0. The van der Waals surface area contributed by atoms with Crippen molar-refractivity contribution < 1.29 is 13.2 Å². The van der Waals surface area contributed by atoms with E-state index in [1.807, 2.05) is 0 Å². The van der Waals surface area contributed by atoms with E-state index in [2.05, 4.69) is 16.7 Å². The maximum atomic E-state index is 12.4. The first-order valence-electron chi connectivity index (χ1n) is 8.92. The molecule has 7 heteroatoms. The highest BCUT2D eigenvalue weighted by Crippen LogP contribution is 2.24. The fraction of sp³-hybridized carbons (Fsp3) is 0.824. The van der Waals surface area contributed by atoms with Crippen molar-refractivity contribution in [3.63, 3.8) is 0 Å². The summed E-state index contributed by atoms with van der Waals surface area (Å²) < 4.78 is 25.6. The molecule has 0 spiro atoms. The number of sulfonamides is 1. The van der Waals surface area contributed by atoms with E-state index >= 15 is 0 Å². The Morgan fingerprint density at radius 3 is 2.46 bits per heavy atom. The van der Waals surface area contributed by atoms with Gasteiger partial charge in [0.1, 0.15) is 0 Å². The van der Waals surface area contributed by atoms with Gasteiger partial charge in [-0.3, -0.25) is 0 Å². The maximum Gasteiger partial charge on any atom is 0.315 e. The largest absolute Gasteiger partial charge is 0.335 e. The van der Waals surface area contributed by atoms with Gasteiger partial charge in [0.2, 0.25) is 10.0 Å². The minimum absolute atomic E-state index is 0.0387. The van der Waals surface area contributed by atoms with Gasteiger partial charge >= 0.3 is 6.03 Å². The molecule has 0 saturated carbocycles. The van der Waals surface area contributed by atoms with Crippen LogP contribution in [0, 0.1) is 0 Å². The van der Waals surface area contributed by atoms with Crippen molar-refractivity contribution in [3.05, 3.63) is 11.6 Å². The highest BCUT2D eigenvalue weighted by molar-refractivity contribution is 7.90. The number of hydrogen-bond donors (Lipinski definition) is 2. The lowest BCUT2D eigenvalue weighted by molar-refractivity contribution is 0.227. The number of piperidine rings is 1. The molecule has 1 saturated heterocycles. The standard InChI is InChI=1S/C17H31N3O3S/c1-17(2,3)24(22,23)20-11-9-15(10-12-20)19-16(21)18-13-14-7-5-4-6-8-14/h7,15H,4-6,8-13H2,1-3H3,(H2,18,19,21). The van der Waals surface area contributed by atoms with Gasteiger partial charge in [-0.25, -0.2) is 17.5 Å². The molecule has 2 amide bonds. The molecule has 1 heterocycles. The highest BCUT2D eigenvalue weighted by Gasteiger charge is 2.37. The van der Waals surface area contributed by atoms with Gasteiger partial charge in [0, 0.05) is 25.7 Å². The first-order chi connectivity index (χ1) is 11.2. The number of hydrogen-bond acceptors (Lipinski definition) is 3. The molecule has 1 fully saturated rings. The molecule has 2 aliphatic rings. The zero-order chi connectivity index (χ0) is 17.8. The Bertz CT molecular complexity index is 570. The zero-order valence-electron chi connectivity index (χ0n) is 15.1. The predicted molar refractivity (Wildman–Crippen MR) is 96.4 cm³/mol. The molecule has 0 aromatic carbocycles. The van der Waals surface area contributed by atoms with Gasteiger partial charge in [-0.1, -0.05) is 11.6 Å². The molecule has 2 N–H and O–H groups in total. The van der Waals surface area contributed by atoms with E-state index in [9.17, 15) is 13.2 Å². The molecule has 138 valence electrons. The van der Waals surface area contributed by atoms with Crippen LogP contribution in [0.25, 0.3) is 0 Å². The van der Waals surface area contributed by atoms with Crippen molar-refractivity contribution in [2.45, 2.75) is 70.1 Å². The number of carbonyl (C=O) groups is 1. The first kappa shape index (κ1) is 19.2. The number of nitrogens with zero attached hydrogens (tertiary/aromatic N) is 1. The summed E-state index contributed by atoms with van der Waals surface area (Å²) in [5.41, 5.74) is 1.31. The van der Waals surface area contributed by atoms with E-state index in [1.165, 1.54) is 18.4 Å². The lowest BCUT2D eigenvalue weighted by atomic mass is 10.00. The molecule has 0 radical (unpaired) electrons. The summed E-state index contributed by atoms with van der Waals surface area (Å²) in [7, 11) is -3.28. The topological polar surface area (TPSA) is 78.5 Å². The predicted octanol–water partition coefficient (Wildman–Crippen LogP) is 2.38. The number of nitrogens with one attached hydrogen (secondary N) is 2. The summed E-state index contributed by atoms with van der Waals surface area (Å²) in [6.07, 6.45) is 8.17. The number of rotatable bonds is 4. The number of carbonyl (C=O) groups excluding carboxylic acids is 1. The van der Waals surface area contributed by atoms with Gasteiger partial charge < -0.3 is 10.6 Å². The molecule has 0 unspecified atom stereocenters. The lowest BCUT2D eigenvalue weighted by Crippen LogP contribution is -2.52. The van der Waals surface area contributed by atoms with Crippen LogP contribution >= 0.6 is 0 Å². The monoisotopic (exact) mass is 357 g/mol. The number of allylic oxidation sites excluding steroid dienone is 1. The van der Waals surface area contributed by atoms with Crippen molar-refractivity contribution in [3.8, 4) is 0 Å². The van der Waals surface area contributed by atoms with Crippen molar-refractivity contribution in [1.82, 2.24) is 14.9 Å². The molecule has 2 rings (SSSR count). The van der Waals surface area contributed by atoms with Crippen molar-refractivity contribution in [2.75, 3.05) is 19.6 Å². The van der Waals surface area contributed by atoms with Crippen molar-refractivity contribution in [2.24, 2.45) is 0 Å². The first-order valence-corrected chi connectivity index (χ1v) is 10.4. The molecule has 24 heavy (non-hydrogen) atoms. The van der Waals surface area contributed by atoms with Crippen molar-refractivity contribution in [1.29, 1.82) is 0 Å². The Morgan fingerprint density at radius 2 is 1.92 bits per heavy atom. The van der Waals surface area contributed by atoms with Crippen LogP contribution < -0.4 is 10.6 Å². The van der Waals surface area contributed by atoms with Gasteiger partial charge in [-0.15, -0.1) is 0 Å². The third-order valence-corrected chi connectivity index (χ3v) is 7.36. The molecule has 6 nitrogen and oxygen atoms in total. The summed E-state index contributed by atoms with van der Waals surface area (Å²) in [6.45, 7) is 6.72. The zero-order valence-corrected chi connectivity index (χ0v) is 15.9. The molecular formula is C17H31N3O3S. The average molecular weight is 358 g/mol. The maximum absolute atomic E-state index is 12.4. The molecule has 0 bridgehead atoms. The van der Waals surface area contributed by atoms with E-state index < -0.39 is 14.8 Å². The summed E-state index contributed by atoms with van der Waals surface area (Å²) in [6, 6.07) is -0.115. The van der Waals surface area contributed by atoms with Gasteiger partial charge in [0.25, 0.3) is 0 Å². The van der Waals surface area contributed by atoms with Gasteiger partial charge in [0.05, 0.1) is 4.75 Å². The Balaban J connectivity index is 1.74.